The molecule has 1 aromatic heterocycles. The highest BCUT2D eigenvalue weighted by atomic mass is 16.3. The number of nitrogens with zero attached hydrogens (tertiary/aromatic N) is 3. The summed E-state index contributed by atoms with van der Waals surface area (Å²) in [6.45, 7) is 2.83. The number of pyridine rings is 1. The number of imide groups is 1. The summed E-state index contributed by atoms with van der Waals surface area (Å²) >= 11 is 0. The number of amides is 3. The van der Waals surface area contributed by atoms with Crippen molar-refractivity contribution >= 4 is 17.7 Å². The van der Waals surface area contributed by atoms with E-state index in [4.69, 9.17) is 0 Å². The van der Waals surface area contributed by atoms with E-state index in [1.54, 1.807) is 6.07 Å². The van der Waals surface area contributed by atoms with Crippen molar-refractivity contribution in [3.05, 3.63) is 59.4 Å². The fourth-order valence-corrected chi connectivity index (χ4v) is 5.49. The number of phenols is 1. The number of aromatic hydroxyl groups is 1. The number of piperidine rings is 1. The van der Waals surface area contributed by atoms with E-state index in [1.165, 1.54) is 61.4 Å². The molecule has 6 rings (SSSR count). The molecule has 2 saturated heterocycles. The van der Waals surface area contributed by atoms with Crippen molar-refractivity contribution in [2.24, 2.45) is 0 Å². The van der Waals surface area contributed by atoms with Crippen LogP contribution in [-0.4, -0.2) is 62.8 Å². The van der Waals surface area contributed by atoms with Crippen LogP contribution >= 0.6 is 0 Å². The minimum atomic E-state index is -0.611. The van der Waals surface area contributed by atoms with Gasteiger partial charge < -0.3 is 10.0 Å². The number of hydrogen-bond donors (Lipinski definition) is 2. The van der Waals surface area contributed by atoms with Crippen LogP contribution in [0.15, 0.2) is 42.7 Å². The van der Waals surface area contributed by atoms with Gasteiger partial charge in [0.05, 0.1) is 0 Å². The quantitative estimate of drug-likeness (QED) is 0.680. The molecule has 3 aliphatic heterocycles. The van der Waals surface area contributed by atoms with E-state index >= 15 is 0 Å². The number of carbonyl (C=O) groups excluding carboxylic acids is 3. The first-order valence-corrected chi connectivity index (χ1v) is 12.1. The number of benzene rings is 1. The molecule has 0 radical (unpaired) electrons. The molecule has 3 amide bonds. The van der Waals surface area contributed by atoms with E-state index in [9.17, 15) is 19.5 Å². The maximum absolute atomic E-state index is 12.2. The Morgan fingerprint density at radius 2 is 1.71 bits per heavy atom. The predicted molar refractivity (Wildman–Crippen MR) is 125 cm³/mol. The molecule has 34 heavy (non-hydrogen) atoms. The van der Waals surface area contributed by atoms with E-state index in [0.29, 0.717) is 17.5 Å². The monoisotopic (exact) mass is 462 g/mol. The van der Waals surface area contributed by atoms with Gasteiger partial charge in [0.15, 0.2) is 0 Å². The van der Waals surface area contributed by atoms with Crippen molar-refractivity contribution in [2.45, 2.75) is 63.1 Å². The van der Waals surface area contributed by atoms with Gasteiger partial charge in [-0.15, -0.1) is 0 Å². The summed E-state index contributed by atoms with van der Waals surface area (Å²) in [5.41, 5.74) is 2.68. The lowest BCUT2D eigenvalue weighted by molar-refractivity contribution is -0.136. The third kappa shape index (κ3) is 4.55. The largest absolute Gasteiger partial charge is 0.508 e. The number of phenolic OH excluding ortho intramolecular Hbond substituents is 1. The standard InChI is InChI=1S/C13H12N2O4.C13H18N2/c16-8-1-2-9-7(5-8)6-15(13(9)19)10-3-4-11(17)14-12(10)18;1-2-4-13(3-1)15-9-12(10-15)11-5-7-14-8-6-11/h1-2,5,10,16H,3-4,6H2,(H,14,17,18);5-8,12-13H,1-4,9-10H2. The second-order valence-corrected chi connectivity index (χ2v) is 9.61. The summed E-state index contributed by atoms with van der Waals surface area (Å²) in [6, 6.07) is 9.15. The van der Waals surface area contributed by atoms with E-state index < -0.39 is 11.9 Å². The van der Waals surface area contributed by atoms with Crippen LogP contribution in [0.1, 0.15) is 65.9 Å². The third-order valence-electron chi connectivity index (χ3n) is 7.44. The number of likely N-dealkylation sites (tertiary alicyclic amines) is 1. The molecule has 1 saturated carbocycles. The normalized spacial score (nSPS) is 23.2. The first-order valence-electron chi connectivity index (χ1n) is 12.1. The molecule has 1 atom stereocenters. The van der Waals surface area contributed by atoms with Crippen molar-refractivity contribution < 1.29 is 19.5 Å². The van der Waals surface area contributed by atoms with E-state index in [2.05, 4.69) is 27.3 Å². The summed E-state index contributed by atoms with van der Waals surface area (Å²) in [5.74, 6) is -0.0977. The van der Waals surface area contributed by atoms with Crippen LogP contribution in [-0.2, 0) is 16.1 Å². The number of fused-ring (bicyclic) bond motifs is 1. The number of aromatic nitrogens is 1. The lowest BCUT2D eigenvalue weighted by Gasteiger charge is -2.43. The van der Waals surface area contributed by atoms with E-state index in [1.807, 2.05) is 12.4 Å². The molecular formula is C26H30N4O4. The lowest BCUT2D eigenvalue weighted by atomic mass is 9.90. The zero-order chi connectivity index (χ0) is 23.7. The number of hydrogen-bond acceptors (Lipinski definition) is 6. The van der Waals surface area contributed by atoms with Gasteiger partial charge in [0.1, 0.15) is 11.8 Å². The van der Waals surface area contributed by atoms with Crippen molar-refractivity contribution in [3.8, 4) is 5.75 Å². The summed E-state index contributed by atoms with van der Waals surface area (Å²) in [7, 11) is 0. The summed E-state index contributed by atoms with van der Waals surface area (Å²) < 4.78 is 0. The highest BCUT2D eigenvalue weighted by Crippen LogP contribution is 2.34. The molecule has 0 bridgehead atoms. The topological polar surface area (TPSA) is 103 Å². The maximum Gasteiger partial charge on any atom is 0.255 e. The summed E-state index contributed by atoms with van der Waals surface area (Å²) in [4.78, 5) is 43.3. The van der Waals surface area contributed by atoms with Crippen molar-refractivity contribution in [1.29, 1.82) is 0 Å². The van der Waals surface area contributed by atoms with Gasteiger partial charge in [0.25, 0.3) is 5.91 Å². The molecule has 2 N–H and O–H groups in total. The van der Waals surface area contributed by atoms with Crippen LogP contribution in [0.25, 0.3) is 0 Å². The first kappa shape index (κ1) is 22.5. The van der Waals surface area contributed by atoms with Crippen molar-refractivity contribution in [2.75, 3.05) is 13.1 Å². The van der Waals surface area contributed by atoms with Gasteiger partial charge in [-0.2, -0.15) is 0 Å². The van der Waals surface area contributed by atoms with E-state index in [0.717, 1.165) is 12.0 Å². The van der Waals surface area contributed by atoms with Gasteiger partial charge in [0.2, 0.25) is 11.8 Å². The Kier molecular flexibility index (Phi) is 6.32. The second-order valence-electron chi connectivity index (χ2n) is 9.61. The summed E-state index contributed by atoms with van der Waals surface area (Å²) in [6.07, 6.45) is 10.2. The van der Waals surface area contributed by atoms with Crippen LogP contribution in [0.4, 0.5) is 0 Å². The zero-order valence-electron chi connectivity index (χ0n) is 19.2. The van der Waals surface area contributed by atoms with Gasteiger partial charge in [-0.25, -0.2) is 0 Å². The highest BCUT2D eigenvalue weighted by Gasteiger charge is 2.39. The Labute approximate surface area is 199 Å². The molecule has 1 aromatic carbocycles. The first-order chi connectivity index (χ1) is 16.5. The lowest BCUT2D eigenvalue weighted by Crippen LogP contribution is -2.52. The van der Waals surface area contributed by atoms with Crippen LogP contribution in [0.3, 0.4) is 0 Å². The highest BCUT2D eigenvalue weighted by molar-refractivity contribution is 6.05. The Morgan fingerprint density at radius 3 is 2.41 bits per heavy atom. The molecule has 1 aliphatic carbocycles. The van der Waals surface area contributed by atoms with Crippen LogP contribution in [0.2, 0.25) is 0 Å². The SMILES string of the molecule is O=C1CCC(N2Cc3cc(O)ccc3C2=O)C(=O)N1.c1cc(C2CN(C3CCCC3)C2)ccn1. The molecular weight excluding hydrogens is 432 g/mol. The number of nitrogens with one attached hydrogen (secondary N) is 1. The molecule has 4 heterocycles. The number of rotatable bonds is 3. The Balaban J connectivity index is 0.000000145. The minimum Gasteiger partial charge on any atom is -0.508 e. The minimum absolute atomic E-state index is 0.0941. The fourth-order valence-electron chi connectivity index (χ4n) is 5.49. The van der Waals surface area contributed by atoms with Gasteiger partial charge in [-0.1, -0.05) is 12.8 Å². The average Bonchev–Trinajstić information content (AvgIpc) is 3.42. The van der Waals surface area contributed by atoms with Gasteiger partial charge >= 0.3 is 0 Å². The average molecular weight is 463 g/mol. The number of carbonyl (C=O) groups is 3. The van der Waals surface area contributed by atoms with Crippen LogP contribution in [0, 0.1) is 0 Å². The molecule has 2 aromatic rings. The predicted octanol–water partition coefficient (Wildman–Crippen LogP) is 2.58. The molecule has 4 aliphatic rings. The Morgan fingerprint density at radius 1 is 0.971 bits per heavy atom. The zero-order valence-corrected chi connectivity index (χ0v) is 19.2. The smallest absolute Gasteiger partial charge is 0.255 e. The van der Waals surface area contributed by atoms with Crippen molar-refractivity contribution in [3.63, 3.8) is 0 Å². The summed E-state index contributed by atoms with van der Waals surface area (Å²) in [5, 5.41) is 11.7. The van der Waals surface area contributed by atoms with Crippen LogP contribution < -0.4 is 5.32 Å². The van der Waals surface area contributed by atoms with Gasteiger partial charge in [-0.05, 0) is 60.7 Å². The molecule has 8 heteroatoms. The Hall–Kier alpha value is -3.26. The molecule has 8 nitrogen and oxygen atoms in total. The maximum atomic E-state index is 12.2. The molecule has 0 spiro atoms. The third-order valence-corrected chi connectivity index (χ3v) is 7.44. The molecule has 1 unspecified atom stereocenters. The fraction of sp³-hybridized carbons (Fsp3) is 0.462. The van der Waals surface area contributed by atoms with E-state index in [-0.39, 0.29) is 30.5 Å². The van der Waals surface area contributed by atoms with Crippen LogP contribution in [0.5, 0.6) is 5.75 Å². The van der Waals surface area contributed by atoms with Gasteiger partial charge in [0, 0.05) is 56.0 Å². The molecule has 178 valence electrons. The second kappa shape index (κ2) is 9.54. The molecule has 3 fully saturated rings. The Bertz CT molecular complexity index is 1080. The van der Waals surface area contributed by atoms with Gasteiger partial charge in [-0.3, -0.25) is 29.6 Å². The van der Waals surface area contributed by atoms with Crippen molar-refractivity contribution in [1.82, 2.24) is 20.1 Å².